The first-order valence-electron chi connectivity index (χ1n) is 21.5. The molecule has 12 rings (SSSR count). The highest BCUT2D eigenvalue weighted by molar-refractivity contribution is 6.09. The van der Waals surface area contributed by atoms with E-state index in [1.165, 1.54) is 72.2 Å². The fourth-order valence-electron chi connectivity index (χ4n) is 10.2. The molecule has 0 spiro atoms. The molecule has 0 bridgehead atoms. The molecule has 2 heterocycles. The topological polar surface area (TPSA) is 14.7 Å². The SMILES string of the molecule is CN1c2ccccc2N(c2ccccc2)c2ccc(-c3ccc(N(c4ccc(-n5c6ccccc6c6ccccc65)cc4)c4ccc5c(c4)C(C)(C)c4ccccc4-5)cc3)cc21. The van der Waals surface area contributed by atoms with E-state index in [-0.39, 0.29) is 5.41 Å². The summed E-state index contributed by atoms with van der Waals surface area (Å²) < 4.78 is 2.39. The lowest BCUT2D eigenvalue weighted by Gasteiger charge is -2.38. The van der Waals surface area contributed by atoms with Gasteiger partial charge in [0.1, 0.15) is 0 Å². The molecule has 1 aliphatic heterocycles. The number of benzene rings is 9. The number of rotatable bonds is 6. The fourth-order valence-corrected chi connectivity index (χ4v) is 10.2. The van der Waals surface area contributed by atoms with Crippen molar-refractivity contribution in [2.24, 2.45) is 0 Å². The summed E-state index contributed by atoms with van der Waals surface area (Å²) in [6, 6.07) is 77.7. The van der Waals surface area contributed by atoms with E-state index >= 15 is 0 Å². The number of fused-ring (bicyclic) bond motifs is 8. The highest BCUT2D eigenvalue weighted by atomic mass is 15.3. The number of aromatic nitrogens is 1. The molecule has 0 fully saturated rings. The zero-order chi connectivity index (χ0) is 41.5. The first-order chi connectivity index (χ1) is 30.4. The Labute approximate surface area is 362 Å². The Morgan fingerprint density at radius 2 is 0.935 bits per heavy atom. The molecule has 62 heavy (non-hydrogen) atoms. The molecule has 0 saturated carbocycles. The molecule has 0 atom stereocenters. The van der Waals surface area contributed by atoms with Crippen LogP contribution in [0, 0.1) is 0 Å². The first-order valence-corrected chi connectivity index (χ1v) is 21.5. The van der Waals surface area contributed by atoms with Gasteiger partial charge in [-0.3, -0.25) is 0 Å². The summed E-state index contributed by atoms with van der Waals surface area (Å²) in [6.07, 6.45) is 0. The van der Waals surface area contributed by atoms with E-state index in [0.717, 1.165) is 34.1 Å². The Morgan fingerprint density at radius 1 is 0.387 bits per heavy atom. The van der Waals surface area contributed by atoms with E-state index in [0.29, 0.717) is 0 Å². The van der Waals surface area contributed by atoms with Gasteiger partial charge in [-0.25, -0.2) is 0 Å². The van der Waals surface area contributed by atoms with E-state index in [4.69, 9.17) is 0 Å². The molecular formula is C58H44N4. The van der Waals surface area contributed by atoms with Crippen LogP contribution in [0.1, 0.15) is 25.0 Å². The predicted molar refractivity (Wildman–Crippen MR) is 261 cm³/mol. The number of hydrogen-bond donors (Lipinski definition) is 0. The summed E-state index contributed by atoms with van der Waals surface area (Å²) in [5, 5.41) is 2.53. The molecule has 2 aliphatic rings. The second-order valence-corrected chi connectivity index (χ2v) is 17.1. The van der Waals surface area contributed by atoms with Crippen molar-refractivity contribution in [1.82, 2.24) is 4.57 Å². The predicted octanol–water partition coefficient (Wildman–Crippen LogP) is 15.8. The quantitative estimate of drug-likeness (QED) is 0.167. The summed E-state index contributed by atoms with van der Waals surface area (Å²) in [7, 11) is 2.17. The van der Waals surface area contributed by atoms with E-state index in [9.17, 15) is 0 Å². The van der Waals surface area contributed by atoms with Crippen LogP contribution in [0.15, 0.2) is 212 Å². The van der Waals surface area contributed by atoms with Crippen LogP contribution in [-0.4, -0.2) is 11.6 Å². The van der Waals surface area contributed by atoms with Crippen LogP contribution in [0.4, 0.5) is 45.5 Å². The molecule has 4 nitrogen and oxygen atoms in total. The Bertz CT molecular complexity index is 3290. The molecule has 9 aromatic carbocycles. The number of para-hydroxylation sites is 5. The molecule has 10 aromatic rings. The highest BCUT2D eigenvalue weighted by Gasteiger charge is 2.36. The largest absolute Gasteiger partial charge is 0.341 e. The Kier molecular flexibility index (Phi) is 8.07. The molecule has 4 heteroatoms. The molecule has 0 unspecified atom stereocenters. The Hall–Kier alpha value is -7.82. The maximum Gasteiger partial charge on any atom is 0.0700 e. The Balaban J connectivity index is 0.957. The van der Waals surface area contributed by atoms with Gasteiger partial charge in [0, 0.05) is 51.7 Å². The van der Waals surface area contributed by atoms with Gasteiger partial charge in [0.2, 0.25) is 0 Å². The minimum Gasteiger partial charge on any atom is -0.341 e. The van der Waals surface area contributed by atoms with E-state index in [1.54, 1.807) is 0 Å². The standard InChI is InChI=1S/C58H44N4/c1-58(2)50-20-10-7-17-46(50)47-35-34-45(38-51(47)58)60(43-30-32-44(33-31-43)61-52-21-11-8-18-48(52)49-19-9-12-22-53(49)61)42-28-25-39(26-29-42)40-27-36-56-57(37-40)59(3)54-23-13-14-24-55(54)62(56)41-15-5-4-6-16-41/h4-38H,1-3H3. The summed E-state index contributed by atoms with van der Waals surface area (Å²) >= 11 is 0. The van der Waals surface area contributed by atoms with Crippen LogP contribution in [0.5, 0.6) is 0 Å². The summed E-state index contributed by atoms with van der Waals surface area (Å²) in [4.78, 5) is 7.10. The highest BCUT2D eigenvalue weighted by Crippen LogP contribution is 2.53. The van der Waals surface area contributed by atoms with Gasteiger partial charge in [-0.2, -0.15) is 0 Å². The van der Waals surface area contributed by atoms with E-state index in [2.05, 4.69) is 252 Å². The van der Waals surface area contributed by atoms with Crippen LogP contribution in [0.25, 0.3) is 49.7 Å². The van der Waals surface area contributed by atoms with Crippen molar-refractivity contribution in [2.75, 3.05) is 21.7 Å². The molecule has 0 N–H and O–H groups in total. The number of hydrogen-bond acceptors (Lipinski definition) is 3. The van der Waals surface area contributed by atoms with Gasteiger partial charge in [0.05, 0.1) is 33.8 Å². The van der Waals surface area contributed by atoms with Crippen LogP contribution < -0.4 is 14.7 Å². The summed E-state index contributed by atoms with van der Waals surface area (Å²) in [5.74, 6) is 0. The van der Waals surface area contributed by atoms with Crippen molar-refractivity contribution in [3.8, 4) is 27.9 Å². The fraction of sp³-hybridized carbons (Fsp3) is 0.0690. The van der Waals surface area contributed by atoms with Crippen LogP contribution in [-0.2, 0) is 5.41 Å². The van der Waals surface area contributed by atoms with Gasteiger partial charge in [-0.05, 0) is 130 Å². The minimum absolute atomic E-state index is 0.117. The lowest BCUT2D eigenvalue weighted by atomic mass is 9.82. The second-order valence-electron chi connectivity index (χ2n) is 17.1. The van der Waals surface area contributed by atoms with Crippen LogP contribution in [0.2, 0.25) is 0 Å². The minimum atomic E-state index is -0.117. The maximum atomic E-state index is 2.42. The monoisotopic (exact) mass is 796 g/mol. The van der Waals surface area contributed by atoms with Gasteiger partial charge in [-0.1, -0.05) is 129 Å². The van der Waals surface area contributed by atoms with Gasteiger partial charge < -0.3 is 19.3 Å². The van der Waals surface area contributed by atoms with Gasteiger partial charge in [0.15, 0.2) is 0 Å². The van der Waals surface area contributed by atoms with Crippen molar-refractivity contribution in [3.05, 3.63) is 223 Å². The molecule has 0 radical (unpaired) electrons. The molecule has 0 amide bonds. The van der Waals surface area contributed by atoms with Gasteiger partial charge in [-0.15, -0.1) is 0 Å². The van der Waals surface area contributed by atoms with Gasteiger partial charge >= 0.3 is 0 Å². The molecule has 0 saturated heterocycles. The first kappa shape index (κ1) is 36.1. The van der Waals surface area contributed by atoms with Crippen LogP contribution in [0.3, 0.4) is 0 Å². The second kappa shape index (κ2) is 13.9. The maximum absolute atomic E-state index is 2.42. The average Bonchev–Trinajstić information content (AvgIpc) is 3.78. The third-order valence-electron chi connectivity index (χ3n) is 13.3. The van der Waals surface area contributed by atoms with E-state index < -0.39 is 0 Å². The smallest absolute Gasteiger partial charge is 0.0700 e. The van der Waals surface area contributed by atoms with Crippen molar-refractivity contribution < 1.29 is 0 Å². The summed E-state index contributed by atoms with van der Waals surface area (Å²) in [6.45, 7) is 4.71. The molecule has 296 valence electrons. The lowest BCUT2D eigenvalue weighted by molar-refractivity contribution is 0.660. The average molecular weight is 797 g/mol. The van der Waals surface area contributed by atoms with E-state index in [1.807, 2.05) is 0 Å². The van der Waals surface area contributed by atoms with Crippen molar-refractivity contribution in [3.63, 3.8) is 0 Å². The van der Waals surface area contributed by atoms with Gasteiger partial charge in [0.25, 0.3) is 0 Å². The normalized spacial score (nSPS) is 13.5. The number of anilines is 8. The zero-order valence-electron chi connectivity index (χ0n) is 35.0. The number of nitrogens with zero attached hydrogens (tertiary/aromatic N) is 4. The summed E-state index contributed by atoms with van der Waals surface area (Å²) in [5.41, 5.74) is 20.3. The third-order valence-corrected chi connectivity index (χ3v) is 13.3. The van der Waals surface area contributed by atoms with Crippen molar-refractivity contribution in [1.29, 1.82) is 0 Å². The Morgan fingerprint density at radius 3 is 1.66 bits per heavy atom. The third kappa shape index (κ3) is 5.46. The van der Waals surface area contributed by atoms with Crippen molar-refractivity contribution in [2.45, 2.75) is 19.3 Å². The molecule has 1 aromatic heterocycles. The lowest BCUT2D eigenvalue weighted by Crippen LogP contribution is -2.24. The molecular weight excluding hydrogens is 753 g/mol. The molecule has 1 aliphatic carbocycles. The zero-order valence-corrected chi connectivity index (χ0v) is 35.0. The van der Waals surface area contributed by atoms with Crippen molar-refractivity contribution >= 4 is 67.3 Å². The van der Waals surface area contributed by atoms with Crippen LogP contribution >= 0.6 is 0 Å².